The molecule has 0 N–H and O–H groups in total. The van der Waals surface area contributed by atoms with Crippen LogP contribution in [-0.2, 0) is 11.4 Å². The van der Waals surface area contributed by atoms with Crippen molar-refractivity contribution in [3.63, 3.8) is 0 Å². The molecule has 1 atom stereocenters. The van der Waals surface area contributed by atoms with Crippen LogP contribution >= 0.6 is 0 Å². The topological polar surface area (TPSA) is 33.5 Å². The minimum absolute atomic E-state index is 0.348. The molecule has 0 unspecified atom stereocenters. The first-order valence-corrected chi connectivity index (χ1v) is 8.28. The van der Waals surface area contributed by atoms with Gasteiger partial charge in [0, 0.05) is 19.2 Å². The largest absolute Gasteiger partial charge is 0.376 e. The van der Waals surface area contributed by atoms with Crippen molar-refractivity contribution in [3.8, 4) is 0 Å². The van der Waals surface area contributed by atoms with Gasteiger partial charge in [0.15, 0.2) is 0 Å². The van der Waals surface area contributed by atoms with Gasteiger partial charge in [0.05, 0.1) is 30.5 Å². The maximum atomic E-state index is 5.84. The second kappa shape index (κ2) is 5.56. The molecule has 1 aromatic heterocycles. The normalized spacial score (nSPS) is 22.7. The molecule has 22 heavy (non-hydrogen) atoms. The number of rotatable bonds is 3. The van der Waals surface area contributed by atoms with Gasteiger partial charge in [-0.05, 0) is 38.8 Å². The number of aromatic nitrogens is 2. The summed E-state index contributed by atoms with van der Waals surface area (Å²) in [5.41, 5.74) is 2.31. The van der Waals surface area contributed by atoms with Crippen LogP contribution in [-0.4, -0.2) is 46.4 Å². The number of para-hydroxylation sites is 2. The highest BCUT2D eigenvalue weighted by atomic mass is 16.5. The Kier molecular flexibility index (Phi) is 3.54. The molecule has 0 saturated carbocycles. The lowest BCUT2D eigenvalue weighted by Gasteiger charge is -2.40. The average molecular weight is 300 g/mol. The Balaban J connectivity index is 1.71. The fourth-order valence-corrected chi connectivity index (χ4v) is 3.45. The van der Waals surface area contributed by atoms with Crippen molar-refractivity contribution < 1.29 is 4.74 Å². The van der Waals surface area contributed by atoms with E-state index in [9.17, 15) is 0 Å². The molecule has 2 aliphatic rings. The van der Waals surface area contributed by atoms with E-state index in [4.69, 9.17) is 9.72 Å². The minimum atomic E-state index is 0.348. The Labute approximate surface area is 131 Å². The maximum Gasteiger partial charge on any atom is 0.208 e. The Bertz CT molecular complexity index is 660. The number of imidazole rings is 1. The maximum absolute atomic E-state index is 5.84. The molecule has 5 heteroatoms. The fourth-order valence-electron chi connectivity index (χ4n) is 3.45. The van der Waals surface area contributed by atoms with Crippen molar-refractivity contribution in [2.75, 3.05) is 24.7 Å². The van der Waals surface area contributed by atoms with Crippen LogP contribution in [0.3, 0.4) is 0 Å². The summed E-state index contributed by atoms with van der Waals surface area (Å²) in [6, 6.07) is 8.94. The van der Waals surface area contributed by atoms with E-state index < -0.39 is 0 Å². The molecule has 0 radical (unpaired) electrons. The first kappa shape index (κ1) is 14.0. The molecular formula is C17H24N4O. The lowest BCUT2D eigenvalue weighted by atomic mass is 10.2. The van der Waals surface area contributed by atoms with E-state index in [1.54, 1.807) is 0 Å². The van der Waals surface area contributed by atoms with Gasteiger partial charge < -0.3 is 9.64 Å². The highest BCUT2D eigenvalue weighted by Gasteiger charge is 2.29. The second-order valence-electron chi connectivity index (χ2n) is 6.65. The molecule has 118 valence electrons. The van der Waals surface area contributed by atoms with Gasteiger partial charge in [-0.25, -0.2) is 4.98 Å². The first-order valence-electron chi connectivity index (χ1n) is 8.28. The monoisotopic (exact) mass is 300 g/mol. The molecule has 1 aromatic carbocycles. The summed E-state index contributed by atoms with van der Waals surface area (Å²) < 4.78 is 8.18. The van der Waals surface area contributed by atoms with Gasteiger partial charge in [-0.3, -0.25) is 9.47 Å². The minimum Gasteiger partial charge on any atom is -0.376 e. The Hall–Kier alpha value is -1.59. The predicted octanol–water partition coefficient (Wildman–Crippen LogP) is 2.66. The third-order valence-electron chi connectivity index (χ3n) is 4.77. The first-order chi connectivity index (χ1) is 10.7. The van der Waals surface area contributed by atoms with Crippen molar-refractivity contribution in [2.24, 2.45) is 0 Å². The second-order valence-corrected chi connectivity index (χ2v) is 6.65. The van der Waals surface area contributed by atoms with Crippen LogP contribution in [0.4, 0.5) is 5.95 Å². The smallest absolute Gasteiger partial charge is 0.208 e. The molecule has 0 spiro atoms. The number of hydrogen-bond acceptors (Lipinski definition) is 4. The summed E-state index contributed by atoms with van der Waals surface area (Å²) in [7, 11) is 0. The highest BCUT2D eigenvalue weighted by molar-refractivity contribution is 5.79. The van der Waals surface area contributed by atoms with Crippen LogP contribution in [0.5, 0.6) is 0 Å². The number of nitrogens with zero attached hydrogens (tertiary/aromatic N) is 4. The number of ether oxygens (including phenoxy) is 1. The van der Waals surface area contributed by atoms with E-state index in [0.717, 1.165) is 38.0 Å². The van der Waals surface area contributed by atoms with E-state index in [2.05, 4.69) is 52.5 Å². The number of fused-ring (bicyclic) bond motifs is 3. The van der Waals surface area contributed by atoms with Gasteiger partial charge in [0.1, 0.15) is 0 Å². The summed E-state index contributed by atoms with van der Waals surface area (Å²) in [6.45, 7) is 8.20. The molecule has 0 bridgehead atoms. The molecule has 0 amide bonds. The molecule has 1 saturated heterocycles. The molecule has 0 aliphatic carbocycles. The zero-order valence-electron chi connectivity index (χ0n) is 13.4. The Morgan fingerprint density at radius 1 is 1.27 bits per heavy atom. The van der Waals surface area contributed by atoms with Crippen molar-refractivity contribution in [2.45, 2.75) is 45.5 Å². The third kappa shape index (κ3) is 2.38. The number of benzene rings is 1. The predicted molar refractivity (Wildman–Crippen MR) is 87.9 cm³/mol. The van der Waals surface area contributed by atoms with Gasteiger partial charge in [0.25, 0.3) is 0 Å². The van der Waals surface area contributed by atoms with Crippen LogP contribution < -0.4 is 4.90 Å². The lowest BCUT2D eigenvalue weighted by molar-refractivity contribution is 0.101. The Morgan fingerprint density at radius 2 is 2.14 bits per heavy atom. The van der Waals surface area contributed by atoms with E-state index in [1.165, 1.54) is 18.4 Å². The lowest BCUT2D eigenvalue weighted by Crippen LogP contribution is -2.50. The summed E-state index contributed by atoms with van der Waals surface area (Å²) in [6.07, 6.45) is 2.70. The third-order valence-corrected chi connectivity index (χ3v) is 4.77. The quantitative estimate of drug-likeness (QED) is 0.872. The van der Waals surface area contributed by atoms with Gasteiger partial charge in [-0.2, -0.15) is 0 Å². The molecular weight excluding hydrogens is 276 g/mol. The van der Waals surface area contributed by atoms with E-state index in [1.807, 2.05) is 0 Å². The number of anilines is 1. The molecule has 2 aliphatic heterocycles. The van der Waals surface area contributed by atoms with Crippen molar-refractivity contribution in [1.29, 1.82) is 0 Å². The van der Waals surface area contributed by atoms with Crippen molar-refractivity contribution in [3.05, 3.63) is 24.3 Å². The van der Waals surface area contributed by atoms with Crippen molar-refractivity contribution >= 4 is 17.0 Å². The van der Waals surface area contributed by atoms with Crippen LogP contribution in [0.15, 0.2) is 24.3 Å². The van der Waals surface area contributed by atoms with Crippen LogP contribution in [0.2, 0.25) is 0 Å². The van der Waals surface area contributed by atoms with E-state index in [-0.39, 0.29) is 0 Å². The molecule has 3 heterocycles. The van der Waals surface area contributed by atoms with Gasteiger partial charge in [-0.1, -0.05) is 12.1 Å². The van der Waals surface area contributed by atoms with Gasteiger partial charge >= 0.3 is 0 Å². The van der Waals surface area contributed by atoms with Crippen LogP contribution in [0.25, 0.3) is 11.0 Å². The summed E-state index contributed by atoms with van der Waals surface area (Å²) in [5, 5.41) is 0. The van der Waals surface area contributed by atoms with E-state index >= 15 is 0 Å². The number of hydrogen-bond donors (Lipinski definition) is 0. The molecule has 2 aromatic rings. The summed E-state index contributed by atoms with van der Waals surface area (Å²) in [4.78, 5) is 9.75. The Morgan fingerprint density at radius 3 is 2.91 bits per heavy atom. The average Bonchev–Trinajstić information content (AvgIpc) is 3.14. The van der Waals surface area contributed by atoms with Gasteiger partial charge in [0.2, 0.25) is 5.95 Å². The zero-order valence-corrected chi connectivity index (χ0v) is 13.4. The summed E-state index contributed by atoms with van der Waals surface area (Å²) in [5.74, 6) is 1.09. The standard InChI is InChI=1S/C17H24N4O/c1-13(2)20-11-19(10-14-6-5-9-22-14)17-18-15-7-3-4-8-16(15)21(17)12-20/h3-4,7-8,13-14H,5-6,9-12H2,1-2H3/t14-/m1/s1. The zero-order chi connectivity index (χ0) is 15.1. The molecule has 1 fully saturated rings. The van der Waals surface area contributed by atoms with Crippen LogP contribution in [0, 0.1) is 0 Å². The van der Waals surface area contributed by atoms with E-state index in [0.29, 0.717) is 12.1 Å². The van der Waals surface area contributed by atoms with Crippen molar-refractivity contribution in [1.82, 2.24) is 14.5 Å². The fraction of sp³-hybridized carbons (Fsp3) is 0.588. The highest BCUT2D eigenvalue weighted by Crippen LogP contribution is 2.28. The van der Waals surface area contributed by atoms with Crippen LogP contribution in [0.1, 0.15) is 26.7 Å². The molecule has 5 nitrogen and oxygen atoms in total. The SMILES string of the molecule is CC(C)N1CN(C[C@H]2CCCO2)c2nc3ccccc3n2C1. The molecule has 4 rings (SSSR count). The van der Waals surface area contributed by atoms with Gasteiger partial charge in [-0.15, -0.1) is 0 Å². The summed E-state index contributed by atoms with van der Waals surface area (Å²) >= 11 is 0.